The largest absolute Gasteiger partial charge is 0.435 e. The molecule has 8 nitrogen and oxygen atoms in total. The Morgan fingerprint density at radius 3 is 2.51 bits per heavy atom. The lowest BCUT2D eigenvalue weighted by molar-refractivity contribution is -0.141. The molecule has 3 atom stereocenters. The molecule has 0 aliphatic heterocycles. The molecule has 0 spiro atoms. The van der Waals surface area contributed by atoms with Crippen molar-refractivity contribution in [1.29, 1.82) is 0 Å². The first kappa shape index (κ1) is 28.8. The fourth-order valence-electron chi connectivity index (χ4n) is 4.92. The first-order valence-corrected chi connectivity index (χ1v) is 13.3. The van der Waals surface area contributed by atoms with E-state index in [1.165, 1.54) is 25.2 Å². The standard InChI is InChI=1S/C27H26ClF5N6O2/c1-14-5-3-4-6-15(9-14)35-24(40)17-8-7-16(10-19(17)28)36-25(41)23-34-12-20(38(23)2)18-13-39(21-11-26(21,29)30)37-22(18)27(31,32)33/h3-4,7-8,10,12-15,21H,5-6,9,11H2,1-2H3,(H,35,40)(H,36,41)/t14-,15+,21?/m1/s1. The molecule has 1 unspecified atom stereocenters. The lowest BCUT2D eigenvalue weighted by atomic mass is 9.99. The number of rotatable bonds is 6. The minimum Gasteiger partial charge on any atom is -0.349 e. The van der Waals surface area contributed by atoms with Crippen molar-refractivity contribution in [3.8, 4) is 11.3 Å². The van der Waals surface area contributed by atoms with Gasteiger partial charge in [0.15, 0.2) is 11.5 Å². The zero-order chi connectivity index (χ0) is 29.7. The lowest BCUT2D eigenvalue weighted by Crippen LogP contribution is -2.35. The molecule has 2 amide bonds. The molecule has 2 N–H and O–H groups in total. The van der Waals surface area contributed by atoms with Crippen LogP contribution >= 0.6 is 11.6 Å². The number of hydrogen-bond donors (Lipinski definition) is 2. The molecule has 1 saturated carbocycles. The summed E-state index contributed by atoms with van der Waals surface area (Å²) in [5.74, 6) is -4.06. The number of hydrogen-bond acceptors (Lipinski definition) is 4. The van der Waals surface area contributed by atoms with Crippen LogP contribution in [0.25, 0.3) is 11.3 Å². The number of carbonyl (C=O) groups excluding carboxylic acids is 2. The number of imidazole rings is 1. The topological polar surface area (TPSA) is 93.8 Å². The van der Waals surface area contributed by atoms with E-state index in [-0.39, 0.29) is 39.7 Å². The van der Waals surface area contributed by atoms with Gasteiger partial charge in [0.05, 0.1) is 28.0 Å². The Labute approximate surface area is 236 Å². The van der Waals surface area contributed by atoms with Crippen molar-refractivity contribution in [2.45, 2.75) is 56.8 Å². The Morgan fingerprint density at radius 1 is 1.15 bits per heavy atom. The second-order valence-corrected chi connectivity index (χ2v) is 10.9. The molecule has 1 fully saturated rings. The SMILES string of the molecule is C[C@@H]1CC=CC[C@H](NC(=O)c2ccc(NC(=O)c3ncc(-c4cn(C5CC5(F)F)nc4C(F)(F)F)n3C)cc2Cl)C1. The average Bonchev–Trinajstić information content (AvgIpc) is 3.18. The normalized spacial score (nSPS) is 21.8. The van der Waals surface area contributed by atoms with Crippen molar-refractivity contribution >= 4 is 29.1 Å². The van der Waals surface area contributed by atoms with E-state index in [2.05, 4.69) is 33.7 Å². The van der Waals surface area contributed by atoms with Crippen molar-refractivity contribution in [2.24, 2.45) is 13.0 Å². The minimum absolute atomic E-state index is 0.0324. The fourth-order valence-corrected chi connectivity index (χ4v) is 5.18. The van der Waals surface area contributed by atoms with Gasteiger partial charge in [0, 0.05) is 31.4 Å². The van der Waals surface area contributed by atoms with Crippen molar-refractivity contribution in [2.75, 3.05) is 5.32 Å². The van der Waals surface area contributed by atoms with E-state index in [0.29, 0.717) is 17.0 Å². The Hall–Kier alpha value is -3.74. The van der Waals surface area contributed by atoms with Crippen LogP contribution < -0.4 is 10.6 Å². The highest BCUT2D eigenvalue weighted by molar-refractivity contribution is 6.34. The maximum atomic E-state index is 13.7. The molecule has 2 heterocycles. The summed E-state index contributed by atoms with van der Waals surface area (Å²) in [6.07, 6.45) is 3.04. The number of carbonyl (C=O) groups is 2. The molecule has 2 aliphatic rings. The summed E-state index contributed by atoms with van der Waals surface area (Å²) in [4.78, 5) is 29.7. The van der Waals surface area contributed by atoms with E-state index in [0.717, 1.165) is 29.8 Å². The van der Waals surface area contributed by atoms with E-state index >= 15 is 0 Å². The molecule has 41 heavy (non-hydrogen) atoms. The van der Waals surface area contributed by atoms with Gasteiger partial charge < -0.3 is 15.2 Å². The molecule has 2 aliphatic carbocycles. The number of halogens is 6. The monoisotopic (exact) mass is 596 g/mol. The molecule has 218 valence electrons. The average molecular weight is 597 g/mol. The molecule has 2 aromatic heterocycles. The van der Waals surface area contributed by atoms with Gasteiger partial charge in [-0.15, -0.1) is 0 Å². The number of benzene rings is 1. The van der Waals surface area contributed by atoms with E-state index in [9.17, 15) is 31.5 Å². The highest BCUT2D eigenvalue weighted by atomic mass is 35.5. The summed E-state index contributed by atoms with van der Waals surface area (Å²) >= 11 is 6.34. The Morgan fingerprint density at radius 2 is 1.85 bits per heavy atom. The molecule has 3 aromatic rings. The third-order valence-electron chi connectivity index (χ3n) is 7.20. The molecular weight excluding hydrogens is 571 g/mol. The zero-order valence-corrected chi connectivity index (χ0v) is 22.7. The Kier molecular flexibility index (Phi) is 7.43. The van der Waals surface area contributed by atoms with Gasteiger partial charge in [-0.1, -0.05) is 30.7 Å². The molecule has 0 bridgehead atoms. The van der Waals surface area contributed by atoms with E-state index in [1.54, 1.807) is 0 Å². The number of allylic oxidation sites excluding steroid dienone is 1. The van der Waals surface area contributed by atoms with Crippen molar-refractivity contribution < 1.29 is 31.5 Å². The second-order valence-electron chi connectivity index (χ2n) is 10.5. The first-order valence-electron chi connectivity index (χ1n) is 12.9. The summed E-state index contributed by atoms with van der Waals surface area (Å²) in [6, 6.07) is 2.82. The van der Waals surface area contributed by atoms with Gasteiger partial charge in [-0.2, -0.15) is 18.3 Å². The van der Waals surface area contributed by atoms with Crippen LogP contribution in [-0.4, -0.2) is 43.1 Å². The van der Waals surface area contributed by atoms with Crippen molar-refractivity contribution in [1.82, 2.24) is 24.6 Å². The summed E-state index contributed by atoms with van der Waals surface area (Å²) in [7, 11) is 1.32. The highest BCUT2D eigenvalue weighted by Gasteiger charge is 2.59. The maximum absolute atomic E-state index is 13.7. The van der Waals surface area contributed by atoms with Gasteiger partial charge in [0.1, 0.15) is 6.04 Å². The number of alkyl halides is 5. The highest BCUT2D eigenvalue weighted by Crippen LogP contribution is 2.53. The Bertz CT molecular complexity index is 1530. The van der Waals surface area contributed by atoms with Gasteiger partial charge in [0.2, 0.25) is 0 Å². The fraction of sp³-hybridized carbons (Fsp3) is 0.407. The van der Waals surface area contributed by atoms with Gasteiger partial charge >= 0.3 is 6.18 Å². The van der Waals surface area contributed by atoms with Crippen LogP contribution in [0.2, 0.25) is 5.02 Å². The van der Waals surface area contributed by atoms with Crippen molar-refractivity contribution in [3.63, 3.8) is 0 Å². The molecule has 1 aromatic carbocycles. The first-order chi connectivity index (χ1) is 19.2. The minimum atomic E-state index is -4.92. The summed E-state index contributed by atoms with van der Waals surface area (Å²) in [6.45, 7) is 2.11. The van der Waals surface area contributed by atoms with Crippen LogP contribution in [0.3, 0.4) is 0 Å². The molecule has 5 rings (SSSR count). The maximum Gasteiger partial charge on any atom is 0.435 e. The smallest absolute Gasteiger partial charge is 0.349 e. The van der Waals surface area contributed by atoms with E-state index < -0.39 is 41.7 Å². The van der Waals surface area contributed by atoms with Crippen LogP contribution in [0.4, 0.5) is 27.6 Å². The van der Waals surface area contributed by atoms with Gasteiger partial charge in [-0.25, -0.2) is 13.8 Å². The predicted octanol–water partition coefficient (Wildman–Crippen LogP) is 6.26. The number of anilines is 1. The summed E-state index contributed by atoms with van der Waals surface area (Å²) in [5.41, 5.74) is -1.52. The molecule has 0 radical (unpaired) electrons. The van der Waals surface area contributed by atoms with Crippen LogP contribution in [0, 0.1) is 5.92 Å². The number of nitrogens with one attached hydrogen (secondary N) is 2. The quantitative estimate of drug-likeness (QED) is 0.259. The van der Waals surface area contributed by atoms with Crippen LogP contribution in [0.5, 0.6) is 0 Å². The van der Waals surface area contributed by atoms with Crippen LogP contribution in [-0.2, 0) is 13.2 Å². The zero-order valence-electron chi connectivity index (χ0n) is 22.0. The molecule has 14 heteroatoms. The summed E-state index contributed by atoms with van der Waals surface area (Å²) in [5, 5.41) is 9.02. The lowest BCUT2D eigenvalue weighted by Gasteiger charge is -2.19. The number of amides is 2. The predicted molar refractivity (Wildman–Crippen MR) is 141 cm³/mol. The molecule has 0 saturated heterocycles. The van der Waals surface area contributed by atoms with E-state index in [1.807, 2.05) is 6.08 Å². The van der Waals surface area contributed by atoms with E-state index in [4.69, 9.17) is 11.6 Å². The Balaban J connectivity index is 1.32. The van der Waals surface area contributed by atoms with Gasteiger partial charge in [-0.05, 0) is 43.4 Å². The third-order valence-corrected chi connectivity index (χ3v) is 7.51. The third kappa shape index (κ3) is 5.99. The second kappa shape index (κ2) is 10.6. The van der Waals surface area contributed by atoms with Gasteiger partial charge in [-0.3, -0.25) is 14.3 Å². The number of nitrogens with zero attached hydrogens (tertiary/aromatic N) is 4. The number of aromatic nitrogens is 4. The van der Waals surface area contributed by atoms with Gasteiger partial charge in [0.25, 0.3) is 17.7 Å². The van der Waals surface area contributed by atoms with Crippen molar-refractivity contribution in [3.05, 3.63) is 64.8 Å². The van der Waals surface area contributed by atoms with Crippen LogP contribution in [0.1, 0.15) is 65.3 Å². The van der Waals surface area contributed by atoms with Crippen LogP contribution in [0.15, 0.2) is 42.7 Å². The molecular formula is C27H26ClF5N6O2. The summed E-state index contributed by atoms with van der Waals surface area (Å²) < 4.78 is 69.8.